The molecule has 2 rings (SSSR count). The summed E-state index contributed by atoms with van der Waals surface area (Å²) in [7, 11) is 0. The summed E-state index contributed by atoms with van der Waals surface area (Å²) < 4.78 is 5.40. The van der Waals surface area contributed by atoms with Crippen LogP contribution in [0.5, 0.6) is 0 Å². The van der Waals surface area contributed by atoms with E-state index in [9.17, 15) is 9.90 Å². The first-order valence-electron chi connectivity index (χ1n) is 7.44. The lowest BCUT2D eigenvalue weighted by atomic mass is 9.94. The van der Waals surface area contributed by atoms with Gasteiger partial charge < -0.3 is 15.2 Å². The van der Waals surface area contributed by atoms with Crippen LogP contribution in [0.15, 0.2) is 11.3 Å². The molecule has 0 aromatic heterocycles. The molecule has 1 aliphatic carbocycles. The van der Waals surface area contributed by atoms with Gasteiger partial charge in [-0.2, -0.15) is 0 Å². The van der Waals surface area contributed by atoms with Gasteiger partial charge in [0.15, 0.2) is 0 Å². The van der Waals surface area contributed by atoms with Crippen LogP contribution in [0.1, 0.15) is 58.3 Å². The zero-order chi connectivity index (χ0) is 13.7. The Morgan fingerprint density at radius 3 is 2.58 bits per heavy atom. The van der Waals surface area contributed by atoms with Crippen molar-refractivity contribution in [2.24, 2.45) is 0 Å². The first-order chi connectivity index (χ1) is 9.11. The van der Waals surface area contributed by atoms with Crippen LogP contribution in [-0.2, 0) is 9.53 Å². The number of hydrogen-bond donors (Lipinski definition) is 2. The molecule has 1 fully saturated rings. The molecule has 0 radical (unpaired) electrons. The van der Waals surface area contributed by atoms with Crippen LogP contribution in [0, 0.1) is 0 Å². The number of allylic oxidation sites excluding steroid dienone is 1. The Morgan fingerprint density at radius 1 is 1.26 bits per heavy atom. The van der Waals surface area contributed by atoms with Crippen LogP contribution >= 0.6 is 0 Å². The monoisotopic (exact) mass is 267 g/mol. The number of nitrogens with one attached hydrogen (secondary N) is 1. The summed E-state index contributed by atoms with van der Waals surface area (Å²) in [6.45, 7) is 2.91. The summed E-state index contributed by atoms with van der Waals surface area (Å²) in [5.74, 6) is 0.659. The quantitative estimate of drug-likeness (QED) is 0.771. The van der Waals surface area contributed by atoms with Crippen LogP contribution in [0.25, 0.3) is 0 Å². The van der Waals surface area contributed by atoms with E-state index in [1.165, 1.54) is 12.8 Å². The van der Waals surface area contributed by atoms with Crippen LogP contribution in [0.3, 0.4) is 0 Å². The molecule has 1 amide bonds. The van der Waals surface area contributed by atoms with Crippen LogP contribution in [0.4, 0.5) is 0 Å². The standard InChI is InChI=1S/C15H25NO3/c1-12-13(7-6-10-19-12)14(17)16-11-15(18)8-4-2-3-5-9-15/h18H,2-11H2,1H3,(H,16,17). The third kappa shape index (κ3) is 3.96. The van der Waals surface area contributed by atoms with Gasteiger partial charge in [0.1, 0.15) is 5.76 Å². The number of hydrogen-bond acceptors (Lipinski definition) is 3. The van der Waals surface area contributed by atoms with Crippen molar-refractivity contribution in [3.05, 3.63) is 11.3 Å². The molecule has 0 saturated heterocycles. The Morgan fingerprint density at radius 2 is 1.95 bits per heavy atom. The van der Waals surface area contributed by atoms with Crippen molar-refractivity contribution in [1.29, 1.82) is 0 Å². The van der Waals surface area contributed by atoms with Crippen LogP contribution in [0.2, 0.25) is 0 Å². The molecule has 1 aliphatic heterocycles. The molecule has 0 atom stereocenters. The summed E-state index contributed by atoms with van der Waals surface area (Å²) in [5, 5.41) is 13.4. The molecule has 2 N–H and O–H groups in total. The first kappa shape index (κ1) is 14.4. The van der Waals surface area contributed by atoms with E-state index < -0.39 is 5.60 Å². The molecule has 19 heavy (non-hydrogen) atoms. The van der Waals surface area contributed by atoms with E-state index in [0.29, 0.717) is 13.2 Å². The van der Waals surface area contributed by atoms with E-state index in [-0.39, 0.29) is 5.91 Å². The maximum Gasteiger partial charge on any atom is 0.250 e. The Kier molecular flexibility index (Phi) is 4.86. The number of ether oxygens (including phenoxy) is 1. The van der Waals surface area contributed by atoms with Gasteiger partial charge in [0.2, 0.25) is 0 Å². The Labute approximate surface area is 115 Å². The van der Waals surface area contributed by atoms with Crippen LogP contribution < -0.4 is 5.32 Å². The van der Waals surface area contributed by atoms with Crippen molar-refractivity contribution in [3.8, 4) is 0 Å². The van der Waals surface area contributed by atoms with Crippen molar-refractivity contribution in [2.45, 2.75) is 63.9 Å². The lowest BCUT2D eigenvalue weighted by Crippen LogP contribution is -2.43. The largest absolute Gasteiger partial charge is 0.498 e. The van der Waals surface area contributed by atoms with Gasteiger partial charge in [0.05, 0.1) is 17.8 Å². The molecule has 4 nitrogen and oxygen atoms in total. The number of aliphatic hydroxyl groups is 1. The summed E-state index contributed by atoms with van der Waals surface area (Å²) in [6.07, 6.45) is 7.74. The highest BCUT2D eigenvalue weighted by atomic mass is 16.5. The molecule has 0 spiro atoms. The Hall–Kier alpha value is -1.03. The maximum atomic E-state index is 12.1. The van der Waals surface area contributed by atoms with Crippen molar-refractivity contribution in [1.82, 2.24) is 5.32 Å². The number of rotatable bonds is 3. The van der Waals surface area contributed by atoms with Crippen LogP contribution in [-0.4, -0.2) is 29.8 Å². The molecule has 1 heterocycles. The summed E-state index contributed by atoms with van der Waals surface area (Å²) in [5.41, 5.74) is 0.0272. The van der Waals surface area contributed by atoms with Gasteiger partial charge in [-0.15, -0.1) is 0 Å². The third-order valence-corrected chi connectivity index (χ3v) is 4.20. The summed E-state index contributed by atoms with van der Waals surface area (Å²) in [6, 6.07) is 0. The minimum absolute atomic E-state index is 0.0742. The Bertz CT molecular complexity index is 354. The van der Waals surface area contributed by atoms with Crippen molar-refractivity contribution in [2.75, 3.05) is 13.2 Å². The summed E-state index contributed by atoms with van der Waals surface area (Å²) in [4.78, 5) is 12.1. The number of carbonyl (C=O) groups is 1. The molecular formula is C15H25NO3. The second-order valence-corrected chi connectivity index (χ2v) is 5.81. The van der Waals surface area contributed by atoms with Crippen molar-refractivity contribution < 1.29 is 14.6 Å². The van der Waals surface area contributed by atoms with Crippen molar-refractivity contribution in [3.63, 3.8) is 0 Å². The Balaban J connectivity index is 1.88. The van der Waals surface area contributed by atoms with Gasteiger partial charge in [-0.25, -0.2) is 0 Å². The lowest BCUT2D eigenvalue weighted by molar-refractivity contribution is -0.119. The van der Waals surface area contributed by atoms with Gasteiger partial charge in [0.25, 0.3) is 5.91 Å². The second-order valence-electron chi connectivity index (χ2n) is 5.81. The lowest BCUT2D eigenvalue weighted by Gasteiger charge is -2.27. The molecule has 0 unspecified atom stereocenters. The van der Waals surface area contributed by atoms with Gasteiger partial charge in [-0.3, -0.25) is 4.79 Å². The SMILES string of the molecule is CC1=C(C(=O)NCC2(O)CCCCCC2)CCCO1. The second kappa shape index (κ2) is 6.42. The maximum absolute atomic E-state index is 12.1. The summed E-state index contributed by atoms with van der Waals surface area (Å²) >= 11 is 0. The zero-order valence-corrected chi connectivity index (χ0v) is 11.8. The fourth-order valence-electron chi connectivity index (χ4n) is 2.93. The number of carbonyl (C=O) groups excluding carboxylic acids is 1. The van der Waals surface area contributed by atoms with E-state index in [1.807, 2.05) is 6.92 Å². The van der Waals surface area contributed by atoms with Gasteiger partial charge >= 0.3 is 0 Å². The third-order valence-electron chi connectivity index (χ3n) is 4.20. The zero-order valence-electron chi connectivity index (χ0n) is 11.8. The van der Waals surface area contributed by atoms with E-state index in [0.717, 1.165) is 49.9 Å². The predicted octanol–water partition coefficient (Wildman–Crippen LogP) is 2.27. The molecule has 0 bridgehead atoms. The predicted molar refractivity (Wildman–Crippen MR) is 73.5 cm³/mol. The minimum Gasteiger partial charge on any atom is -0.498 e. The molecule has 0 aromatic carbocycles. The fraction of sp³-hybridized carbons (Fsp3) is 0.800. The molecule has 1 saturated carbocycles. The van der Waals surface area contributed by atoms with E-state index in [1.54, 1.807) is 0 Å². The van der Waals surface area contributed by atoms with Gasteiger partial charge in [-0.1, -0.05) is 25.7 Å². The van der Waals surface area contributed by atoms with E-state index in [4.69, 9.17) is 4.74 Å². The topological polar surface area (TPSA) is 58.6 Å². The van der Waals surface area contributed by atoms with Gasteiger partial charge in [-0.05, 0) is 32.6 Å². The number of amides is 1. The first-order valence-corrected chi connectivity index (χ1v) is 7.44. The highest BCUT2D eigenvalue weighted by Gasteiger charge is 2.29. The average molecular weight is 267 g/mol. The molecule has 0 aromatic rings. The minimum atomic E-state index is -0.712. The van der Waals surface area contributed by atoms with E-state index >= 15 is 0 Å². The molecule has 2 aliphatic rings. The highest BCUT2D eigenvalue weighted by Crippen LogP contribution is 2.26. The van der Waals surface area contributed by atoms with E-state index in [2.05, 4.69) is 5.32 Å². The van der Waals surface area contributed by atoms with Crippen molar-refractivity contribution >= 4 is 5.91 Å². The smallest absolute Gasteiger partial charge is 0.250 e. The average Bonchev–Trinajstić information content (AvgIpc) is 2.62. The molecule has 108 valence electrons. The molecular weight excluding hydrogens is 242 g/mol. The normalized spacial score (nSPS) is 23.5. The molecule has 4 heteroatoms. The highest BCUT2D eigenvalue weighted by molar-refractivity contribution is 5.93. The van der Waals surface area contributed by atoms with Gasteiger partial charge in [0, 0.05) is 6.54 Å². The fourth-order valence-corrected chi connectivity index (χ4v) is 2.93.